The Kier molecular flexibility index (Phi) is 3.24. The molecule has 0 saturated heterocycles. The van der Waals surface area contributed by atoms with Gasteiger partial charge in [0.05, 0.1) is 0 Å². The molecule has 0 bridgehead atoms. The Morgan fingerprint density at radius 1 is 1.44 bits per heavy atom. The minimum absolute atomic E-state index is 0.289. The topological polar surface area (TPSA) is 0 Å². The summed E-state index contributed by atoms with van der Waals surface area (Å²) in [6.07, 6.45) is 2.41. The van der Waals surface area contributed by atoms with E-state index in [-0.39, 0.29) is 5.41 Å². The van der Waals surface area contributed by atoms with Crippen LogP contribution in [0.2, 0.25) is 0 Å². The zero-order valence-corrected chi connectivity index (χ0v) is 12.4. The number of thiocarbonyl (C=S) groups is 1. The molecule has 86 valence electrons. The van der Waals surface area contributed by atoms with Gasteiger partial charge in [0.1, 0.15) is 0 Å². The van der Waals surface area contributed by atoms with Crippen molar-refractivity contribution in [1.82, 2.24) is 0 Å². The molecule has 0 aromatic heterocycles. The van der Waals surface area contributed by atoms with Crippen molar-refractivity contribution in [2.24, 2.45) is 0 Å². The fraction of sp³-hybridized carbons (Fsp3) is 0.500. The third kappa shape index (κ3) is 2.10. The summed E-state index contributed by atoms with van der Waals surface area (Å²) in [4.78, 5) is 1.12. The van der Waals surface area contributed by atoms with E-state index in [9.17, 15) is 0 Å². The van der Waals surface area contributed by atoms with Crippen molar-refractivity contribution in [1.29, 1.82) is 0 Å². The van der Waals surface area contributed by atoms with Crippen LogP contribution in [0.15, 0.2) is 22.7 Å². The lowest BCUT2D eigenvalue weighted by atomic mass is 9.68. The predicted molar refractivity (Wildman–Crippen MR) is 77.4 cm³/mol. The molecule has 1 aromatic rings. The van der Waals surface area contributed by atoms with Gasteiger partial charge in [0, 0.05) is 10.4 Å². The predicted octanol–water partition coefficient (Wildman–Crippen LogP) is 4.99. The monoisotopic (exact) mass is 296 g/mol. The standard InChI is InChI=1S/C14H17BrS/c1-9(16)11-6-7-14(2,3)13-5-4-10(15)8-12(11)13/h4-5,8,11H,6-7H2,1-3H3. The number of benzene rings is 1. The van der Waals surface area contributed by atoms with Gasteiger partial charge in [-0.05, 0) is 53.3 Å². The highest BCUT2D eigenvalue weighted by Crippen LogP contribution is 2.43. The van der Waals surface area contributed by atoms with E-state index >= 15 is 0 Å². The van der Waals surface area contributed by atoms with Gasteiger partial charge in [-0.2, -0.15) is 0 Å². The van der Waals surface area contributed by atoms with E-state index in [1.165, 1.54) is 24.0 Å². The van der Waals surface area contributed by atoms with Crippen molar-refractivity contribution < 1.29 is 0 Å². The first-order chi connectivity index (χ1) is 7.42. The molecule has 0 amide bonds. The Hall–Kier alpha value is -0.210. The van der Waals surface area contributed by atoms with Crippen molar-refractivity contribution in [3.8, 4) is 0 Å². The molecule has 1 aliphatic carbocycles. The van der Waals surface area contributed by atoms with Gasteiger partial charge in [-0.1, -0.05) is 48.1 Å². The van der Waals surface area contributed by atoms with E-state index in [2.05, 4.69) is 54.9 Å². The quantitative estimate of drug-likeness (QED) is 0.658. The van der Waals surface area contributed by atoms with Crippen LogP contribution in [0.5, 0.6) is 0 Å². The van der Waals surface area contributed by atoms with Crippen LogP contribution in [0.25, 0.3) is 0 Å². The zero-order valence-electron chi connectivity index (χ0n) is 10.0. The van der Waals surface area contributed by atoms with Crippen LogP contribution in [-0.4, -0.2) is 4.86 Å². The summed E-state index contributed by atoms with van der Waals surface area (Å²) in [5.74, 6) is 0.468. The van der Waals surface area contributed by atoms with Crippen LogP contribution in [-0.2, 0) is 5.41 Å². The van der Waals surface area contributed by atoms with E-state index < -0.39 is 0 Å². The highest BCUT2D eigenvalue weighted by molar-refractivity contribution is 9.10. The molecule has 0 saturated carbocycles. The Morgan fingerprint density at radius 2 is 2.12 bits per heavy atom. The van der Waals surface area contributed by atoms with Gasteiger partial charge >= 0.3 is 0 Å². The van der Waals surface area contributed by atoms with Gasteiger partial charge in [0.25, 0.3) is 0 Å². The summed E-state index contributed by atoms with van der Waals surface area (Å²) in [5, 5.41) is 0. The minimum Gasteiger partial charge on any atom is -0.0893 e. The van der Waals surface area contributed by atoms with E-state index in [0.717, 1.165) is 9.34 Å². The van der Waals surface area contributed by atoms with Gasteiger partial charge < -0.3 is 0 Å². The molecule has 2 rings (SSSR count). The maximum atomic E-state index is 5.39. The van der Waals surface area contributed by atoms with Gasteiger partial charge in [-0.15, -0.1) is 0 Å². The third-order valence-electron chi connectivity index (χ3n) is 3.67. The molecule has 1 unspecified atom stereocenters. The molecule has 0 N–H and O–H groups in total. The molecule has 2 heteroatoms. The van der Waals surface area contributed by atoms with Crippen LogP contribution in [0.4, 0.5) is 0 Å². The Bertz CT molecular complexity index is 434. The van der Waals surface area contributed by atoms with E-state index in [4.69, 9.17) is 12.2 Å². The average Bonchev–Trinajstić information content (AvgIpc) is 2.16. The summed E-state index contributed by atoms with van der Waals surface area (Å²) in [6, 6.07) is 6.64. The second-order valence-corrected chi connectivity index (χ2v) is 6.88. The first-order valence-electron chi connectivity index (χ1n) is 5.72. The fourth-order valence-electron chi connectivity index (χ4n) is 2.66. The summed E-state index contributed by atoms with van der Waals surface area (Å²) in [6.45, 7) is 6.73. The van der Waals surface area contributed by atoms with Crippen LogP contribution in [0, 0.1) is 0 Å². The lowest BCUT2D eigenvalue weighted by Gasteiger charge is -2.37. The molecule has 0 heterocycles. The summed E-state index contributed by atoms with van der Waals surface area (Å²) in [7, 11) is 0. The number of hydrogen-bond acceptors (Lipinski definition) is 1. The molecule has 1 atom stereocenters. The number of fused-ring (bicyclic) bond motifs is 1. The molecule has 1 aromatic carbocycles. The van der Waals surface area contributed by atoms with Crippen LogP contribution < -0.4 is 0 Å². The Morgan fingerprint density at radius 3 is 2.75 bits per heavy atom. The summed E-state index contributed by atoms with van der Waals surface area (Å²) in [5.41, 5.74) is 3.19. The fourth-order valence-corrected chi connectivity index (χ4v) is 3.28. The normalized spacial score (nSPS) is 22.6. The maximum absolute atomic E-state index is 5.39. The molecule has 0 nitrogen and oxygen atoms in total. The Labute approximate surface area is 112 Å². The van der Waals surface area contributed by atoms with E-state index in [1.807, 2.05) is 0 Å². The van der Waals surface area contributed by atoms with Crippen molar-refractivity contribution in [2.75, 3.05) is 0 Å². The molecular formula is C14H17BrS. The second kappa shape index (κ2) is 4.23. The zero-order chi connectivity index (χ0) is 11.9. The number of hydrogen-bond donors (Lipinski definition) is 0. The first kappa shape index (κ1) is 12.3. The SMILES string of the molecule is CC(=S)C1CCC(C)(C)c2ccc(Br)cc21. The van der Waals surface area contributed by atoms with Crippen molar-refractivity contribution >= 4 is 33.0 Å². The molecular weight excluding hydrogens is 280 g/mol. The van der Waals surface area contributed by atoms with Crippen molar-refractivity contribution in [3.63, 3.8) is 0 Å². The van der Waals surface area contributed by atoms with Crippen LogP contribution >= 0.6 is 28.1 Å². The van der Waals surface area contributed by atoms with Crippen LogP contribution in [0.1, 0.15) is 50.7 Å². The van der Waals surface area contributed by atoms with Crippen molar-refractivity contribution in [2.45, 2.75) is 44.9 Å². The minimum atomic E-state index is 0.289. The summed E-state index contributed by atoms with van der Waals surface area (Å²) < 4.78 is 1.16. The molecule has 0 aliphatic heterocycles. The van der Waals surface area contributed by atoms with Gasteiger partial charge in [-0.25, -0.2) is 0 Å². The largest absolute Gasteiger partial charge is 0.0893 e. The van der Waals surface area contributed by atoms with E-state index in [1.54, 1.807) is 0 Å². The first-order valence-corrected chi connectivity index (χ1v) is 6.92. The highest BCUT2D eigenvalue weighted by Gasteiger charge is 2.33. The van der Waals surface area contributed by atoms with Gasteiger partial charge in [0.15, 0.2) is 0 Å². The second-order valence-electron chi connectivity index (χ2n) is 5.32. The van der Waals surface area contributed by atoms with Crippen molar-refractivity contribution in [3.05, 3.63) is 33.8 Å². The average molecular weight is 297 g/mol. The lowest BCUT2D eigenvalue weighted by molar-refractivity contribution is 0.422. The molecule has 16 heavy (non-hydrogen) atoms. The van der Waals surface area contributed by atoms with Gasteiger partial charge in [0.2, 0.25) is 0 Å². The Balaban J connectivity index is 2.58. The molecule has 0 spiro atoms. The van der Waals surface area contributed by atoms with E-state index in [0.29, 0.717) is 5.92 Å². The molecule has 0 fully saturated rings. The van der Waals surface area contributed by atoms with Gasteiger partial charge in [-0.3, -0.25) is 0 Å². The lowest BCUT2D eigenvalue weighted by Crippen LogP contribution is -2.28. The smallest absolute Gasteiger partial charge is 0.0178 e. The highest BCUT2D eigenvalue weighted by atomic mass is 79.9. The number of rotatable bonds is 1. The maximum Gasteiger partial charge on any atom is 0.0178 e. The number of halogens is 1. The molecule has 0 radical (unpaired) electrons. The third-order valence-corrected chi connectivity index (χ3v) is 4.44. The summed E-state index contributed by atoms with van der Waals surface area (Å²) >= 11 is 8.96. The van der Waals surface area contributed by atoms with Crippen LogP contribution in [0.3, 0.4) is 0 Å². The molecule has 1 aliphatic rings.